The van der Waals surface area contributed by atoms with Crippen molar-refractivity contribution in [3.8, 4) is 5.75 Å². The average Bonchev–Trinajstić information content (AvgIpc) is 2.64. The van der Waals surface area contributed by atoms with E-state index < -0.39 is 17.8 Å². The molecule has 27 heavy (non-hydrogen) atoms. The molecule has 3 aromatic rings. The third-order valence-corrected chi connectivity index (χ3v) is 4.24. The fourth-order valence-electron chi connectivity index (χ4n) is 2.20. The first-order chi connectivity index (χ1) is 12.5. The van der Waals surface area contributed by atoms with Crippen molar-refractivity contribution in [3.63, 3.8) is 0 Å². The van der Waals surface area contributed by atoms with E-state index in [2.05, 4.69) is 26.2 Å². The van der Waals surface area contributed by atoms with Crippen molar-refractivity contribution in [1.82, 2.24) is 4.98 Å². The third-order valence-electron chi connectivity index (χ3n) is 3.46. The molecule has 1 heterocycles. The summed E-state index contributed by atoms with van der Waals surface area (Å²) in [5.74, 6) is -0.164. The van der Waals surface area contributed by atoms with E-state index in [0.717, 1.165) is 10.7 Å². The zero-order chi connectivity index (χ0) is 18.5. The largest absolute Gasteiger partial charge is 0.476 e. The Balaban J connectivity index is 0.00000261. The highest BCUT2D eigenvalue weighted by atomic mass is 79.9. The monoisotopic (exact) mass is 470 g/mol. The standard InChI is InChI=1S/C19H13BrClFN2O2.ClH/c20-13-3-8-16(9-4-13)26-18(12-1-5-14(21)6-2-12)19(25)24-17-10-7-15(22)11-23-17;/h1-11,18H,(H,23,24,25);1H. The van der Waals surface area contributed by atoms with Crippen molar-refractivity contribution < 1.29 is 13.9 Å². The van der Waals surface area contributed by atoms with Crippen molar-refractivity contribution in [2.45, 2.75) is 6.10 Å². The fraction of sp³-hybridized carbons (Fsp3) is 0.0526. The van der Waals surface area contributed by atoms with Gasteiger partial charge in [0, 0.05) is 15.1 Å². The van der Waals surface area contributed by atoms with E-state index in [9.17, 15) is 9.18 Å². The van der Waals surface area contributed by atoms with Gasteiger partial charge in [0.15, 0.2) is 0 Å². The number of aromatic nitrogens is 1. The number of ether oxygens (including phenoxy) is 1. The van der Waals surface area contributed by atoms with Gasteiger partial charge < -0.3 is 10.1 Å². The van der Waals surface area contributed by atoms with E-state index in [1.54, 1.807) is 36.4 Å². The van der Waals surface area contributed by atoms with Crippen LogP contribution >= 0.6 is 39.9 Å². The lowest BCUT2D eigenvalue weighted by Gasteiger charge is -2.19. The highest BCUT2D eigenvalue weighted by molar-refractivity contribution is 9.10. The minimum Gasteiger partial charge on any atom is -0.476 e. The van der Waals surface area contributed by atoms with Gasteiger partial charge in [-0.25, -0.2) is 9.37 Å². The molecule has 0 saturated carbocycles. The van der Waals surface area contributed by atoms with E-state index in [-0.39, 0.29) is 18.2 Å². The van der Waals surface area contributed by atoms with Crippen LogP contribution < -0.4 is 10.1 Å². The predicted octanol–water partition coefficient (Wildman–Crippen LogP) is 5.82. The van der Waals surface area contributed by atoms with E-state index >= 15 is 0 Å². The summed E-state index contributed by atoms with van der Waals surface area (Å²) in [7, 11) is 0. The molecule has 0 saturated heterocycles. The molecular formula is C19H14BrCl2FN2O2. The van der Waals surface area contributed by atoms with E-state index in [0.29, 0.717) is 16.3 Å². The molecule has 1 unspecified atom stereocenters. The number of hydrogen-bond acceptors (Lipinski definition) is 3. The number of rotatable bonds is 5. The van der Waals surface area contributed by atoms with Crippen LogP contribution in [0, 0.1) is 5.82 Å². The summed E-state index contributed by atoms with van der Waals surface area (Å²) in [5.41, 5.74) is 0.622. The molecule has 0 spiro atoms. The zero-order valence-corrected chi connectivity index (χ0v) is 16.9. The second-order valence-corrected chi connectivity index (χ2v) is 6.71. The molecule has 8 heteroatoms. The fourth-order valence-corrected chi connectivity index (χ4v) is 2.59. The lowest BCUT2D eigenvalue weighted by Crippen LogP contribution is -2.26. The number of carbonyl (C=O) groups is 1. The van der Waals surface area contributed by atoms with Crippen molar-refractivity contribution in [3.05, 3.63) is 87.7 Å². The Morgan fingerprint density at radius 3 is 2.33 bits per heavy atom. The molecule has 0 aliphatic heterocycles. The molecule has 0 bridgehead atoms. The molecule has 1 N–H and O–H groups in total. The van der Waals surface area contributed by atoms with Crippen LogP contribution in [-0.4, -0.2) is 10.9 Å². The lowest BCUT2D eigenvalue weighted by atomic mass is 10.1. The maximum atomic E-state index is 13.0. The predicted molar refractivity (Wildman–Crippen MR) is 109 cm³/mol. The van der Waals surface area contributed by atoms with Gasteiger partial charge in [0.05, 0.1) is 6.20 Å². The van der Waals surface area contributed by atoms with E-state index in [1.165, 1.54) is 12.1 Å². The van der Waals surface area contributed by atoms with Crippen LogP contribution in [0.5, 0.6) is 5.75 Å². The number of carbonyl (C=O) groups excluding carboxylic acids is 1. The minimum absolute atomic E-state index is 0. The Labute approximate surface area is 175 Å². The average molecular weight is 472 g/mol. The first-order valence-electron chi connectivity index (χ1n) is 7.61. The van der Waals surface area contributed by atoms with Crippen LogP contribution in [0.15, 0.2) is 71.3 Å². The van der Waals surface area contributed by atoms with Gasteiger partial charge in [-0.2, -0.15) is 0 Å². The van der Waals surface area contributed by atoms with Crippen LogP contribution in [0.2, 0.25) is 5.02 Å². The van der Waals surface area contributed by atoms with Gasteiger partial charge >= 0.3 is 0 Å². The van der Waals surface area contributed by atoms with Gasteiger partial charge in [-0.05, 0) is 48.5 Å². The molecule has 1 aromatic heterocycles. The van der Waals surface area contributed by atoms with E-state index in [1.807, 2.05) is 12.1 Å². The molecule has 1 atom stereocenters. The van der Waals surface area contributed by atoms with E-state index in [4.69, 9.17) is 16.3 Å². The molecular weight excluding hydrogens is 458 g/mol. The van der Waals surface area contributed by atoms with Crippen molar-refractivity contribution in [1.29, 1.82) is 0 Å². The van der Waals surface area contributed by atoms with Crippen LogP contribution in [0.1, 0.15) is 11.7 Å². The topological polar surface area (TPSA) is 51.2 Å². The van der Waals surface area contributed by atoms with Crippen LogP contribution in [0.25, 0.3) is 0 Å². The maximum Gasteiger partial charge on any atom is 0.271 e. The highest BCUT2D eigenvalue weighted by Gasteiger charge is 2.23. The molecule has 2 aromatic carbocycles. The summed E-state index contributed by atoms with van der Waals surface area (Å²) >= 11 is 9.28. The third kappa shape index (κ3) is 5.92. The van der Waals surface area contributed by atoms with Crippen molar-refractivity contribution in [2.75, 3.05) is 5.32 Å². The smallest absolute Gasteiger partial charge is 0.271 e. The van der Waals surface area contributed by atoms with Gasteiger partial charge in [0.1, 0.15) is 17.4 Å². The number of benzene rings is 2. The first kappa shape index (κ1) is 21.2. The van der Waals surface area contributed by atoms with Gasteiger partial charge in [-0.3, -0.25) is 4.79 Å². The van der Waals surface area contributed by atoms with Gasteiger partial charge in [-0.1, -0.05) is 39.7 Å². The molecule has 3 rings (SSSR count). The second kappa shape index (κ2) is 9.69. The minimum atomic E-state index is -0.930. The molecule has 4 nitrogen and oxygen atoms in total. The summed E-state index contributed by atoms with van der Waals surface area (Å²) in [6, 6.07) is 16.5. The van der Waals surface area contributed by atoms with Crippen LogP contribution in [-0.2, 0) is 4.79 Å². The number of amides is 1. The number of halogens is 4. The second-order valence-electron chi connectivity index (χ2n) is 5.35. The lowest BCUT2D eigenvalue weighted by molar-refractivity contribution is -0.123. The summed E-state index contributed by atoms with van der Waals surface area (Å²) in [5, 5.41) is 3.18. The quantitative estimate of drug-likeness (QED) is 0.510. The van der Waals surface area contributed by atoms with Gasteiger partial charge in [0.2, 0.25) is 6.10 Å². The normalized spacial score (nSPS) is 11.2. The zero-order valence-electron chi connectivity index (χ0n) is 13.7. The Hall–Kier alpha value is -2.15. The Kier molecular flexibility index (Phi) is 7.59. The maximum absolute atomic E-state index is 13.0. The van der Waals surface area contributed by atoms with Crippen molar-refractivity contribution >= 4 is 51.7 Å². The summed E-state index contributed by atoms with van der Waals surface area (Å²) in [6.07, 6.45) is 0.1000. The van der Waals surface area contributed by atoms with Gasteiger partial charge in [0.25, 0.3) is 5.91 Å². The summed E-state index contributed by atoms with van der Waals surface area (Å²) in [4.78, 5) is 16.6. The Morgan fingerprint density at radius 2 is 1.74 bits per heavy atom. The SMILES string of the molecule is Cl.O=C(Nc1ccc(F)cn1)C(Oc1ccc(Br)cc1)c1ccc(Cl)cc1. The summed E-state index contributed by atoms with van der Waals surface area (Å²) in [6.45, 7) is 0. The molecule has 0 fully saturated rings. The van der Waals surface area contributed by atoms with Gasteiger partial charge in [-0.15, -0.1) is 12.4 Å². The first-order valence-corrected chi connectivity index (χ1v) is 8.78. The molecule has 140 valence electrons. The number of nitrogens with zero attached hydrogens (tertiary/aromatic N) is 1. The number of hydrogen-bond donors (Lipinski definition) is 1. The van der Waals surface area contributed by atoms with Crippen LogP contribution in [0.4, 0.5) is 10.2 Å². The Bertz CT molecular complexity index is 891. The number of nitrogens with one attached hydrogen (secondary N) is 1. The molecule has 0 aliphatic carbocycles. The number of pyridine rings is 1. The summed E-state index contributed by atoms with van der Waals surface area (Å²) < 4.78 is 19.8. The molecule has 1 amide bonds. The molecule has 0 aliphatic rings. The number of anilines is 1. The highest BCUT2D eigenvalue weighted by Crippen LogP contribution is 2.26. The Morgan fingerprint density at radius 1 is 1.07 bits per heavy atom. The van der Waals surface area contributed by atoms with Crippen LogP contribution in [0.3, 0.4) is 0 Å². The molecule has 0 radical (unpaired) electrons. The van der Waals surface area contributed by atoms with Crippen molar-refractivity contribution in [2.24, 2.45) is 0 Å².